The van der Waals surface area contributed by atoms with E-state index in [0.29, 0.717) is 24.5 Å². The van der Waals surface area contributed by atoms with Crippen LogP contribution in [0.5, 0.6) is 0 Å². The molecule has 3 aromatic rings. The van der Waals surface area contributed by atoms with Crippen molar-refractivity contribution in [1.82, 2.24) is 14.6 Å². The Morgan fingerprint density at radius 1 is 1.19 bits per heavy atom. The number of carbonyl (C=O) groups is 2. The number of anilines is 1. The maximum Gasteiger partial charge on any atom is 0.404 e. The zero-order chi connectivity index (χ0) is 22.9. The molecule has 1 aliphatic heterocycles. The third kappa shape index (κ3) is 4.74. The number of piperidine rings is 1. The Hall–Kier alpha value is -3.02. The third-order valence-corrected chi connectivity index (χ3v) is 7.98. The Morgan fingerprint density at radius 2 is 1.97 bits per heavy atom. The first-order chi connectivity index (χ1) is 15.2. The molecule has 1 aliphatic rings. The van der Waals surface area contributed by atoms with Crippen LogP contribution >= 0.6 is 11.3 Å². The number of hydrogen-bond acceptors (Lipinski definition) is 6. The van der Waals surface area contributed by atoms with Gasteiger partial charge in [0.2, 0.25) is 15.9 Å². The van der Waals surface area contributed by atoms with Gasteiger partial charge in [0.05, 0.1) is 15.1 Å². The number of aromatic nitrogens is 1. The molecule has 1 fully saturated rings. The lowest BCUT2D eigenvalue weighted by Gasteiger charge is -2.31. The fourth-order valence-corrected chi connectivity index (χ4v) is 6.27. The van der Waals surface area contributed by atoms with Crippen LogP contribution in [-0.4, -0.2) is 53.9 Å². The second-order valence-corrected chi connectivity index (χ2v) is 10.5. The predicted octanol–water partition coefficient (Wildman–Crippen LogP) is 3.34. The highest BCUT2D eigenvalue weighted by Gasteiger charge is 2.31. The van der Waals surface area contributed by atoms with Crippen molar-refractivity contribution in [3.05, 3.63) is 42.5 Å². The molecule has 11 heteroatoms. The molecule has 0 spiro atoms. The van der Waals surface area contributed by atoms with Gasteiger partial charge in [-0.2, -0.15) is 4.31 Å². The maximum atomic E-state index is 13.2. The topological polar surface area (TPSA) is 129 Å². The quantitative estimate of drug-likeness (QED) is 0.520. The van der Waals surface area contributed by atoms with E-state index in [2.05, 4.69) is 15.6 Å². The lowest BCUT2D eigenvalue weighted by Crippen LogP contribution is -2.49. The van der Waals surface area contributed by atoms with Crippen LogP contribution in [0, 0.1) is 0 Å². The van der Waals surface area contributed by atoms with Crippen molar-refractivity contribution >= 4 is 48.7 Å². The minimum Gasteiger partial charge on any atom is -0.465 e. The summed E-state index contributed by atoms with van der Waals surface area (Å²) in [6.45, 7) is 1.88. The van der Waals surface area contributed by atoms with E-state index in [-0.39, 0.29) is 17.3 Å². The number of amides is 2. The van der Waals surface area contributed by atoms with Gasteiger partial charge in [-0.25, -0.2) is 18.2 Å². The average molecular weight is 475 g/mol. The van der Waals surface area contributed by atoms with Crippen molar-refractivity contribution in [1.29, 1.82) is 0 Å². The van der Waals surface area contributed by atoms with E-state index < -0.39 is 22.2 Å². The summed E-state index contributed by atoms with van der Waals surface area (Å²) in [7, 11) is -3.77. The van der Waals surface area contributed by atoms with Crippen molar-refractivity contribution in [2.45, 2.75) is 30.7 Å². The van der Waals surface area contributed by atoms with Gasteiger partial charge >= 0.3 is 6.09 Å². The molecule has 3 N–H and O–H groups in total. The van der Waals surface area contributed by atoms with Crippen LogP contribution in [0.15, 0.2) is 47.4 Å². The minimum atomic E-state index is -3.77. The molecule has 1 atom stereocenters. The van der Waals surface area contributed by atoms with Crippen LogP contribution in [0.25, 0.3) is 21.3 Å². The summed E-state index contributed by atoms with van der Waals surface area (Å²) in [5.74, 6) is -0.194. The average Bonchev–Trinajstić information content (AvgIpc) is 3.14. The molecule has 2 aromatic carbocycles. The van der Waals surface area contributed by atoms with Gasteiger partial charge < -0.3 is 15.7 Å². The monoisotopic (exact) mass is 474 g/mol. The molecule has 1 unspecified atom stereocenters. The van der Waals surface area contributed by atoms with Crippen molar-refractivity contribution in [3.8, 4) is 11.1 Å². The molecular weight excluding hydrogens is 452 g/mol. The van der Waals surface area contributed by atoms with Crippen LogP contribution < -0.4 is 10.6 Å². The number of carboxylic acid groups (broad SMARTS) is 1. The SMILES string of the molecule is CC(=O)Nc1nc2ccc(-c3cccc(S(=O)(=O)N4CCCC(NC(=O)O)C4)c3)cc2s1. The predicted molar refractivity (Wildman–Crippen MR) is 122 cm³/mol. The van der Waals surface area contributed by atoms with Gasteiger partial charge in [-0.15, -0.1) is 0 Å². The number of thiazole rings is 1. The van der Waals surface area contributed by atoms with Crippen molar-refractivity contribution < 1.29 is 23.1 Å². The van der Waals surface area contributed by atoms with Crippen molar-refractivity contribution in [3.63, 3.8) is 0 Å². The van der Waals surface area contributed by atoms with Gasteiger partial charge in [0.1, 0.15) is 0 Å². The van der Waals surface area contributed by atoms with E-state index in [4.69, 9.17) is 5.11 Å². The van der Waals surface area contributed by atoms with E-state index in [0.717, 1.165) is 21.3 Å². The molecule has 168 valence electrons. The van der Waals surface area contributed by atoms with E-state index in [1.807, 2.05) is 24.3 Å². The van der Waals surface area contributed by atoms with Crippen molar-refractivity contribution in [2.24, 2.45) is 0 Å². The number of sulfonamides is 1. The molecule has 9 nitrogen and oxygen atoms in total. The molecule has 2 heterocycles. The number of hydrogen-bond donors (Lipinski definition) is 3. The highest BCUT2D eigenvalue weighted by molar-refractivity contribution is 7.89. The number of benzene rings is 2. The first-order valence-corrected chi connectivity index (χ1v) is 12.3. The van der Waals surface area contributed by atoms with Crippen LogP contribution in [0.2, 0.25) is 0 Å². The minimum absolute atomic E-state index is 0.109. The summed E-state index contributed by atoms with van der Waals surface area (Å²) in [4.78, 5) is 26.7. The van der Waals surface area contributed by atoms with E-state index in [9.17, 15) is 18.0 Å². The van der Waals surface area contributed by atoms with Crippen LogP contribution in [0.3, 0.4) is 0 Å². The van der Waals surface area contributed by atoms with Crippen LogP contribution in [-0.2, 0) is 14.8 Å². The largest absolute Gasteiger partial charge is 0.465 e. The molecule has 32 heavy (non-hydrogen) atoms. The summed E-state index contributed by atoms with van der Waals surface area (Å²) in [5.41, 5.74) is 2.31. The molecule has 0 bridgehead atoms. The number of fused-ring (bicyclic) bond motifs is 1. The van der Waals surface area contributed by atoms with Gasteiger partial charge in [-0.1, -0.05) is 29.5 Å². The Morgan fingerprint density at radius 3 is 2.72 bits per heavy atom. The van der Waals surface area contributed by atoms with Gasteiger partial charge in [-0.3, -0.25) is 4.79 Å². The second kappa shape index (κ2) is 8.85. The number of rotatable bonds is 5. The van der Waals surface area contributed by atoms with Crippen molar-refractivity contribution in [2.75, 3.05) is 18.4 Å². The van der Waals surface area contributed by atoms with Crippen LogP contribution in [0.4, 0.5) is 9.93 Å². The molecule has 0 saturated carbocycles. The van der Waals surface area contributed by atoms with Gasteiger partial charge in [0, 0.05) is 26.1 Å². The smallest absolute Gasteiger partial charge is 0.404 e. The zero-order valence-corrected chi connectivity index (χ0v) is 18.9. The van der Waals surface area contributed by atoms with E-state index >= 15 is 0 Å². The fraction of sp³-hybridized carbons (Fsp3) is 0.286. The molecule has 4 rings (SSSR count). The fourth-order valence-electron chi connectivity index (χ4n) is 3.75. The Labute approximate surface area is 189 Å². The lowest BCUT2D eigenvalue weighted by atomic mass is 10.1. The maximum absolute atomic E-state index is 13.2. The Kier molecular flexibility index (Phi) is 6.13. The molecule has 1 saturated heterocycles. The molecular formula is C21H22N4O5S2. The molecule has 0 radical (unpaired) electrons. The Bertz CT molecular complexity index is 1290. The molecule has 1 aromatic heterocycles. The summed E-state index contributed by atoms with van der Waals surface area (Å²) in [6, 6.07) is 11.9. The summed E-state index contributed by atoms with van der Waals surface area (Å²) < 4.78 is 28.7. The standard InChI is InChI=1S/C21H22N4O5S2/c1-13(26)22-20-24-18-8-7-15(11-19(18)31-20)14-4-2-6-17(10-14)32(29,30)25-9-3-5-16(12-25)23-21(27)28/h2,4,6-8,10-11,16,23H,3,5,9,12H2,1H3,(H,27,28)(H,22,24,26). The van der Waals surface area contributed by atoms with Gasteiger partial charge in [0.25, 0.3) is 0 Å². The number of nitrogens with one attached hydrogen (secondary N) is 2. The first kappa shape index (κ1) is 22.2. The zero-order valence-electron chi connectivity index (χ0n) is 17.2. The Balaban J connectivity index is 1.61. The second-order valence-electron chi connectivity index (χ2n) is 7.56. The lowest BCUT2D eigenvalue weighted by molar-refractivity contribution is -0.114. The van der Waals surface area contributed by atoms with E-state index in [1.54, 1.807) is 18.2 Å². The third-order valence-electron chi connectivity index (χ3n) is 5.19. The normalized spacial score (nSPS) is 17.2. The number of nitrogens with zero attached hydrogens (tertiary/aromatic N) is 2. The van der Waals surface area contributed by atoms with Gasteiger partial charge in [-0.05, 0) is 48.2 Å². The summed E-state index contributed by atoms with van der Waals surface area (Å²) in [6.07, 6.45) is 0.0346. The van der Waals surface area contributed by atoms with Crippen LogP contribution in [0.1, 0.15) is 19.8 Å². The summed E-state index contributed by atoms with van der Waals surface area (Å²) in [5, 5.41) is 14.5. The first-order valence-electron chi connectivity index (χ1n) is 10.0. The highest BCUT2D eigenvalue weighted by atomic mass is 32.2. The summed E-state index contributed by atoms with van der Waals surface area (Å²) >= 11 is 1.35. The van der Waals surface area contributed by atoms with E-state index in [1.165, 1.54) is 22.6 Å². The molecule has 2 amide bonds. The number of carbonyl (C=O) groups excluding carboxylic acids is 1. The van der Waals surface area contributed by atoms with Gasteiger partial charge in [0.15, 0.2) is 5.13 Å². The highest BCUT2D eigenvalue weighted by Crippen LogP contribution is 2.32. The molecule has 0 aliphatic carbocycles.